The number of nitrogens with zero attached hydrogens (tertiary/aromatic N) is 1. The summed E-state index contributed by atoms with van der Waals surface area (Å²) in [7, 11) is 0. The molecular formula is C42H33N. The van der Waals surface area contributed by atoms with Crippen molar-refractivity contribution in [1.29, 1.82) is 0 Å². The van der Waals surface area contributed by atoms with Crippen molar-refractivity contribution >= 4 is 23.1 Å². The zero-order chi connectivity index (χ0) is 29.0. The number of hydrogen-bond donors (Lipinski definition) is 0. The molecule has 8 rings (SSSR count). The predicted octanol–water partition coefficient (Wildman–Crippen LogP) is 11.2. The Hall–Kier alpha value is -5.14. The van der Waals surface area contributed by atoms with Crippen LogP contribution in [0.4, 0.5) is 17.1 Å². The maximum absolute atomic E-state index is 2.46. The third-order valence-electron chi connectivity index (χ3n) is 9.54. The lowest BCUT2D eigenvalue weighted by Crippen LogP contribution is -2.43. The molecule has 0 aliphatic heterocycles. The summed E-state index contributed by atoms with van der Waals surface area (Å²) in [6.45, 7) is 4.80. The number of anilines is 3. The van der Waals surface area contributed by atoms with Crippen LogP contribution in [0.2, 0.25) is 0 Å². The summed E-state index contributed by atoms with van der Waals surface area (Å²) in [5, 5.41) is 0. The van der Waals surface area contributed by atoms with Gasteiger partial charge in [0, 0.05) is 22.5 Å². The van der Waals surface area contributed by atoms with E-state index in [4.69, 9.17) is 0 Å². The summed E-state index contributed by atoms with van der Waals surface area (Å²) in [5.74, 6) is 0. The topological polar surface area (TPSA) is 3.24 Å². The molecule has 0 unspecified atom stereocenters. The summed E-state index contributed by atoms with van der Waals surface area (Å²) in [6, 6.07) is 55.4. The molecule has 6 aromatic carbocycles. The van der Waals surface area contributed by atoms with Gasteiger partial charge in [0.05, 0.1) is 5.41 Å². The maximum atomic E-state index is 2.46. The molecule has 0 atom stereocenters. The fraction of sp³-hybridized carbons (Fsp3) is 0.0952. The van der Waals surface area contributed by atoms with Gasteiger partial charge in [-0.25, -0.2) is 0 Å². The second-order valence-electron chi connectivity index (χ2n) is 12.3. The largest absolute Gasteiger partial charge is 0.310 e. The van der Waals surface area contributed by atoms with E-state index >= 15 is 0 Å². The van der Waals surface area contributed by atoms with E-state index in [-0.39, 0.29) is 10.8 Å². The van der Waals surface area contributed by atoms with E-state index in [0.29, 0.717) is 0 Å². The molecule has 0 saturated heterocycles. The second kappa shape index (κ2) is 9.71. The second-order valence-corrected chi connectivity index (χ2v) is 12.3. The van der Waals surface area contributed by atoms with Crippen molar-refractivity contribution in [3.05, 3.63) is 180 Å². The van der Waals surface area contributed by atoms with Crippen LogP contribution in [0.1, 0.15) is 36.1 Å². The van der Waals surface area contributed by atoms with Gasteiger partial charge in [-0.3, -0.25) is 0 Å². The maximum Gasteiger partial charge on any atom is 0.0555 e. The molecule has 206 valence electrons. The zero-order valence-corrected chi connectivity index (χ0v) is 24.5. The fourth-order valence-corrected chi connectivity index (χ4v) is 7.60. The summed E-state index contributed by atoms with van der Waals surface area (Å²) in [6.07, 6.45) is 4.75. The van der Waals surface area contributed by atoms with E-state index in [0.717, 1.165) is 17.1 Å². The van der Waals surface area contributed by atoms with E-state index in [1.54, 1.807) is 0 Å². The highest BCUT2D eigenvalue weighted by molar-refractivity contribution is 5.88. The quantitative estimate of drug-likeness (QED) is 0.211. The highest BCUT2D eigenvalue weighted by Crippen LogP contribution is 2.63. The van der Waals surface area contributed by atoms with Gasteiger partial charge in [-0.05, 0) is 80.9 Å². The highest BCUT2D eigenvalue weighted by Gasteiger charge is 2.55. The first kappa shape index (κ1) is 25.6. The summed E-state index contributed by atoms with van der Waals surface area (Å²) in [4.78, 5) is 2.39. The predicted molar refractivity (Wildman–Crippen MR) is 181 cm³/mol. The fourth-order valence-electron chi connectivity index (χ4n) is 7.60. The number of allylic oxidation sites excluding steroid dienone is 1. The molecule has 43 heavy (non-hydrogen) atoms. The number of benzene rings is 6. The minimum absolute atomic E-state index is 0.143. The van der Waals surface area contributed by atoms with Gasteiger partial charge < -0.3 is 4.90 Å². The Kier molecular flexibility index (Phi) is 5.77. The molecule has 0 amide bonds. The van der Waals surface area contributed by atoms with E-state index in [9.17, 15) is 0 Å². The van der Waals surface area contributed by atoms with Crippen LogP contribution >= 0.6 is 0 Å². The van der Waals surface area contributed by atoms with Gasteiger partial charge in [0.2, 0.25) is 0 Å². The Morgan fingerprint density at radius 1 is 0.442 bits per heavy atom. The number of para-hydroxylation sites is 1. The molecule has 2 aliphatic rings. The highest BCUT2D eigenvalue weighted by atomic mass is 15.1. The van der Waals surface area contributed by atoms with Crippen molar-refractivity contribution in [3.63, 3.8) is 0 Å². The molecule has 0 bridgehead atoms. The molecule has 0 aromatic heterocycles. The lowest BCUT2D eigenvalue weighted by Gasteiger charge is -2.48. The molecule has 0 radical (unpaired) electrons. The van der Waals surface area contributed by atoms with Gasteiger partial charge in [0.15, 0.2) is 0 Å². The van der Waals surface area contributed by atoms with Gasteiger partial charge in [0.25, 0.3) is 0 Å². The molecule has 0 heterocycles. The van der Waals surface area contributed by atoms with Gasteiger partial charge in [-0.15, -0.1) is 0 Å². The van der Waals surface area contributed by atoms with E-state index in [2.05, 4.69) is 183 Å². The van der Waals surface area contributed by atoms with Crippen molar-refractivity contribution in [2.24, 2.45) is 5.41 Å². The van der Waals surface area contributed by atoms with Gasteiger partial charge in [-0.1, -0.05) is 141 Å². The van der Waals surface area contributed by atoms with Crippen molar-refractivity contribution in [3.8, 4) is 22.3 Å². The Labute approximate surface area is 254 Å². The molecule has 0 fully saturated rings. The Morgan fingerprint density at radius 3 is 1.60 bits per heavy atom. The Bertz CT molecular complexity index is 1940. The van der Waals surface area contributed by atoms with E-state index < -0.39 is 0 Å². The zero-order valence-electron chi connectivity index (χ0n) is 24.5. The Morgan fingerprint density at radius 2 is 0.953 bits per heavy atom. The molecule has 6 aromatic rings. The van der Waals surface area contributed by atoms with Crippen LogP contribution in [0.3, 0.4) is 0 Å². The average Bonchev–Trinajstić information content (AvgIpc) is 3.36. The average molecular weight is 552 g/mol. The molecule has 1 spiro atoms. The minimum atomic E-state index is -0.306. The van der Waals surface area contributed by atoms with Crippen LogP contribution in [-0.2, 0) is 5.41 Å². The first-order chi connectivity index (χ1) is 21.1. The summed E-state index contributed by atoms with van der Waals surface area (Å²) >= 11 is 0. The molecule has 0 saturated carbocycles. The van der Waals surface area contributed by atoms with Crippen LogP contribution in [0.25, 0.3) is 28.3 Å². The summed E-state index contributed by atoms with van der Waals surface area (Å²) < 4.78 is 0. The van der Waals surface area contributed by atoms with Gasteiger partial charge >= 0.3 is 0 Å². The lowest BCUT2D eigenvalue weighted by molar-refractivity contribution is 0.323. The van der Waals surface area contributed by atoms with Gasteiger partial charge in [0.1, 0.15) is 0 Å². The first-order valence-corrected chi connectivity index (χ1v) is 15.1. The van der Waals surface area contributed by atoms with Crippen LogP contribution in [0, 0.1) is 5.41 Å². The lowest BCUT2D eigenvalue weighted by atomic mass is 9.54. The van der Waals surface area contributed by atoms with Crippen molar-refractivity contribution < 1.29 is 0 Å². The molecule has 1 nitrogen and oxygen atoms in total. The van der Waals surface area contributed by atoms with Crippen LogP contribution in [0.5, 0.6) is 0 Å². The monoisotopic (exact) mass is 551 g/mol. The van der Waals surface area contributed by atoms with Crippen LogP contribution in [-0.4, -0.2) is 0 Å². The normalized spacial score (nSPS) is 15.0. The number of hydrogen-bond acceptors (Lipinski definition) is 1. The number of rotatable bonds is 4. The third-order valence-corrected chi connectivity index (χ3v) is 9.54. The van der Waals surface area contributed by atoms with Gasteiger partial charge in [-0.2, -0.15) is 0 Å². The van der Waals surface area contributed by atoms with Crippen LogP contribution in [0.15, 0.2) is 158 Å². The van der Waals surface area contributed by atoms with Crippen LogP contribution < -0.4 is 4.90 Å². The molecular weight excluding hydrogens is 518 g/mol. The van der Waals surface area contributed by atoms with E-state index in [1.807, 2.05) is 0 Å². The molecule has 0 N–H and O–H groups in total. The molecule has 1 heteroatoms. The van der Waals surface area contributed by atoms with Crippen molar-refractivity contribution in [2.75, 3.05) is 4.90 Å². The standard InChI is InChI=1S/C42H33N/c1-41(2)28-27-32-23-26-35(29-40(32)42(41)38-19-11-9-17-36(38)37-18-10-12-20-39(37)42)43(33-15-7-4-8-16-33)34-24-21-31(22-25-34)30-13-5-3-6-14-30/h3-29H,1-2H3. The molecule has 2 aliphatic carbocycles. The smallest absolute Gasteiger partial charge is 0.0555 e. The van der Waals surface area contributed by atoms with Crippen molar-refractivity contribution in [2.45, 2.75) is 19.3 Å². The summed E-state index contributed by atoms with van der Waals surface area (Å²) in [5.41, 5.74) is 13.5. The number of fused-ring (bicyclic) bond motifs is 7. The third kappa shape index (κ3) is 3.78. The first-order valence-electron chi connectivity index (χ1n) is 15.1. The minimum Gasteiger partial charge on any atom is -0.310 e. The van der Waals surface area contributed by atoms with Crippen molar-refractivity contribution in [1.82, 2.24) is 0 Å². The van der Waals surface area contributed by atoms with E-state index in [1.165, 1.54) is 44.5 Å². The SMILES string of the molecule is CC1(C)C=Cc2ccc(N(c3ccccc3)c3ccc(-c4ccccc4)cc3)cc2C12c1ccccc1-c1ccccc12. The Balaban J connectivity index is 1.35.